The van der Waals surface area contributed by atoms with Gasteiger partial charge >= 0.3 is 11.9 Å². The van der Waals surface area contributed by atoms with Crippen LogP contribution < -0.4 is 25.2 Å². The average molecular weight is 854 g/mol. The quantitative estimate of drug-likeness (QED) is 0.0511. The van der Waals surface area contributed by atoms with Crippen molar-refractivity contribution in [1.29, 1.82) is 0 Å². The molecule has 3 aromatic carbocycles. The molecule has 14 heteroatoms. The van der Waals surface area contributed by atoms with Gasteiger partial charge in [0, 0.05) is 55.0 Å². The van der Waals surface area contributed by atoms with Gasteiger partial charge in [0.05, 0.1) is 26.5 Å². The van der Waals surface area contributed by atoms with E-state index in [4.69, 9.17) is 38.0 Å². The van der Waals surface area contributed by atoms with Gasteiger partial charge in [-0.15, -0.1) is 0 Å². The van der Waals surface area contributed by atoms with Crippen molar-refractivity contribution >= 4 is 34.5 Å². The van der Waals surface area contributed by atoms with Gasteiger partial charge in [0.25, 0.3) is 5.91 Å². The Balaban J connectivity index is 0.974. The lowest BCUT2D eigenvalue weighted by molar-refractivity contribution is -0.442. The highest BCUT2D eigenvalue weighted by atomic mass is 17.1. The Morgan fingerprint density at radius 2 is 1.60 bits per heavy atom. The van der Waals surface area contributed by atoms with E-state index >= 15 is 0 Å². The molecule has 3 aliphatic rings. The Hall–Kier alpha value is -5.28. The molecule has 2 aliphatic heterocycles. The minimum Gasteiger partial charge on any atom is -0.497 e. The van der Waals surface area contributed by atoms with Crippen molar-refractivity contribution in [2.45, 2.75) is 105 Å². The molecule has 8 atom stereocenters. The molecule has 332 valence electrons. The maximum Gasteiger partial charge on any atom is 0.311 e. The smallest absolute Gasteiger partial charge is 0.311 e. The van der Waals surface area contributed by atoms with E-state index in [0.717, 1.165) is 60.3 Å². The number of carbonyl (C=O) groups is 3. The summed E-state index contributed by atoms with van der Waals surface area (Å²) in [6.07, 6.45) is 1.41. The van der Waals surface area contributed by atoms with Crippen molar-refractivity contribution in [3.63, 3.8) is 0 Å². The molecule has 1 aromatic heterocycles. The summed E-state index contributed by atoms with van der Waals surface area (Å²) in [7, 11) is 1.61. The summed E-state index contributed by atoms with van der Waals surface area (Å²) in [5, 5.41) is 13.4. The highest BCUT2D eigenvalue weighted by Crippen LogP contribution is 2.53. The van der Waals surface area contributed by atoms with E-state index in [1.165, 1.54) is 0 Å². The molecule has 0 radical (unpaired) electrons. The van der Waals surface area contributed by atoms with Crippen LogP contribution in [0.5, 0.6) is 11.5 Å². The highest BCUT2D eigenvalue weighted by molar-refractivity contribution is 5.97. The van der Waals surface area contributed by atoms with Crippen LogP contribution in [0.1, 0.15) is 94.6 Å². The molecular formula is C48H59N3O11. The number of methoxy groups -OCH3 is 1. The van der Waals surface area contributed by atoms with Crippen LogP contribution >= 0.6 is 0 Å². The van der Waals surface area contributed by atoms with Crippen LogP contribution in [-0.4, -0.2) is 61.7 Å². The van der Waals surface area contributed by atoms with Gasteiger partial charge < -0.3 is 38.3 Å². The fraction of sp³-hybridized carbons (Fsp3) is 0.500. The maximum atomic E-state index is 13.6. The number of carbonyl (C=O) groups excluding carboxylic acids is 3. The average Bonchev–Trinajstić information content (AvgIpc) is 3.44. The molecule has 0 spiro atoms. The summed E-state index contributed by atoms with van der Waals surface area (Å²) < 4.78 is 35.4. The van der Waals surface area contributed by atoms with Crippen LogP contribution in [0.15, 0.2) is 82.2 Å². The number of esters is 2. The molecule has 1 aliphatic carbocycles. The Kier molecular flexibility index (Phi) is 14.3. The molecule has 1 saturated carbocycles. The van der Waals surface area contributed by atoms with E-state index in [2.05, 4.69) is 31.0 Å². The topological polar surface area (TPSA) is 168 Å². The number of benzene rings is 3. The van der Waals surface area contributed by atoms with Crippen molar-refractivity contribution in [1.82, 2.24) is 5.32 Å². The Morgan fingerprint density at radius 1 is 0.887 bits per heavy atom. The zero-order valence-corrected chi connectivity index (χ0v) is 36.5. The summed E-state index contributed by atoms with van der Waals surface area (Å²) in [6, 6.07) is 22.0. The largest absolute Gasteiger partial charge is 0.497 e. The van der Waals surface area contributed by atoms with Gasteiger partial charge in [-0.2, -0.15) is 0 Å². The predicted octanol–water partition coefficient (Wildman–Crippen LogP) is 8.16. The zero-order valence-electron chi connectivity index (χ0n) is 36.5. The lowest BCUT2D eigenvalue weighted by Crippen LogP contribution is -2.54. The van der Waals surface area contributed by atoms with E-state index in [-0.39, 0.29) is 48.6 Å². The standard InChI is InChI=1S/C48H59N3O11/c1-7-51(8-2)34-15-14-33-25-39(44(54)49-27-31-10-16-35(56-6)17-11-31)45(58-40(33)26-34)50-28-32-12-18-36(19-13-32)57-41(52)21-22-42(53)59-46-30(4)38-20-9-29(3)37-23-24-48(5,62-55)61-47(60-46)43(37)38/h10-19,25-26,29-30,37-38,43,46-47,55H,7-9,20-24,27-28H2,1-6H3,(H,49,54). The minimum absolute atomic E-state index is 0.0791. The van der Waals surface area contributed by atoms with Gasteiger partial charge in [-0.05, 0) is 105 Å². The third-order valence-corrected chi connectivity index (χ3v) is 12.9. The fourth-order valence-electron chi connectivity index (χ4n) is 9.24. The lowest BCUT2D eigenvalue weighted by atomic mass is 9.61. The number of fused-ring (bicyclic) bond motifs is 1. The second-order valence-electron chi connectivity index (χ2n) is 16.9. The monoisotopic (exact) mass is 853 g/mol. The summed E-state index contributed by atoms with van der Waals surface area (Å²) >= 11 is 0. The molecule has 3 heterocycles. The second-order valence-corrected chi connectivity index (χ2v) is 16.9. The van der Waals surface area contributed by atoms with Crippen LogP contribution in [0.25, 0.3) is 11.0 Å². The first kappa shape index (κ1) is 44.8. The third-order valence-electron chi connectivity index (χ3n) is 12.9. The van der Waals surface area contributed by atoms with Gasteiger partial charge in [0.15, 0.2) is 6.29 Å². The molecule has 8 unspecified atom stereocenters. The summed E-state index contributed by atoms with van der Waals surface area (Å²) in [5.74, 6) is -0.655. The first-order chi connectivity index (χ1) is 29.9. The number of hydrogen-bond acceptors (Lipinski definition) is 13. The summed E-state index contributed by atoms with van der Waals surface area (Å²) in [4.78, 5) is 51.3. The number of hydrogen-bond donors (Lipinski definition) is 2. The molecule has 14 nitrogen and oxygen atoms in total. The summed E-state index contributed by atoms with van der Waals surface area (Å²) in [5.41, 5.74) is 3.80. The number of nitrogens with one attached hydrogen (secondary N) is 1. The number of ether oxygens (including phenoxy) is 5. The lowest BCUT2D eigenvalue weighted by Gasteiger charge is -2.51. The zero-order chi connectivity index (χ0) is 44.0. The normalized spacial score (nSPS) is 25.9. The molecule has 2 saturated heterocycles. The van der Waals surface area contributed by atoms with Crippen molar-refractivity contribution in [3.05, 3.63) is 95.0 Å². The molecular weight excluding hydrogens is 795 g/mol. The number of nitrogens with zero attached hydrogens (tertiary/aromatic N) is 2. The van der Waals surface area contributed by atoms with Gasteiger partial charge in [0.1, 0.15) is 22.6 Å². The van der Waals surface area contributed by atoms with Crippen molar-refractivity contribution < 1.29 is 52.6 Å². The molecule has 3 fully saturated rings. The molecule has 62 heavy (non-hydrogen) atoms. The number of amides is 1. The van der Waals surface area contributed by atoms with Crippen LogP contribution in [0, 0.1) is 29.6 Å². The Labute approximate surface area is 362 Å². The molecule has 2 N–H and O–H groups in total. The van der Waals surface area contributed by atoms with Crippen LogP contribution in [0.2, 0.25) is 0 Å². The molecule has 0 bridgehead atoms. The molecule has 4 aromatic rings. The van der Waals surface area contributed by atoms with E-state index in [9.17, 15) is 19.6 Å². The fourth-order valence-corrected chi connectivity index (χ4v) is 9.24. The van der Waals surface area contributed by atoms with Crippen LogP contribution in [-0.2, 0) is 41.8 Å². The van der Waals surface area contributed by atoms with E-state index < -0.39 is 30.3 Å². The van der Waals surface area contributed by atoms with Gasteiger partial charge in [-0.1, -0.05) is 44.5 Å². The predicted molar refractivity (Wildman–Crippen MR) is 230 cm³/mol. The summed E-state index contributed by atoms with van der Waals surface area (Å²) in [6.45, 7) is 12.3. The first-order valence-corrected chi connectivity index (χ1v) is 21.8. The van der Waals surface area contributed by atoms with Crippen LogP contribution in [0.3, 0.4) is 0 Å². The van der Waals surface area contributed by atoms with Crippen molar-refractivity contribution in [2.24, 2.45) is 34.6 Å². The van der Waals surface area contributed by atoms with Gasteiger partial charge in [0.2, 0.25) is 17.6 Å². The van der Waals surface area contributed by atoms with E-state index in [1.807, 2.05) is 49.4 Å². The van der Waals surface area contributed by atoms with Gasteiger partial charge in [-0.25, -0.2) is 15.1 Å². The Bertz CT molecular complexity index is 2260. The van der Waals surface area contributed by atoms with Crippen molar-refractivity contribution in [2.75, 3.05) is 25.1 Å². The molecule has 7 rings (SSSR count). The third kappa shape index (κ3) is 10.3. The first-order valence-electron chi connectivity index (χ1n) is 21.8. The van der Waals surface area contributed by atoms with E-state index in [0.29, 0.717) is 41.7 Å². The maximum absolute atomic E-state index is 13.6. The van der Waals surface area contributed by atoms with Gasteiger partial charge in [-0.3, -0.25) is 14.4 Å². The highest BCUT2D eigenvalue weighted by Gasteiger charge is 2.55. The van der Waals surface area contributed by atoms with Crippen LogP contribution in [0.4, 0.5) is 5.69 Å². The SMILES string of the molecule is CCN(CC)c1ccc2cc(C(=O)NCc3ccc(OC)cc3)c(=NCc3ccc(OC(=O)CCC(=O)OC4OC5OC(C)(OO)CCC6C(C)CCC(C4C)C56)cc3)oc2c1. The van der Waals surface area contributed by atoms with Crippen molar-refractivity contribution in [3.8, 4) is 11.5 Å². The molecule has 1 amide bonds. The van der Waals surface area contributed by atoms with E-state index in [1.54, 1.807) is 44.4 Å². The number of anilines is 1. The number of rotatable bonds is 15. The minimum atomic E-state index is -1.22. The second kappa shape index (κ2) is 19.8. The Morgan fingerprint density at radius 3 is 2.31 bits per heavy atom.